The molecule has 3 N–H and O–H groups in total. The molecule has 0 aliphatic heterocycles. The Hall–Kier alpha value is -4.41. The first-order chi connectivity index (χ1) is 22.5. The minimum absolute atomic E-state index is 0.00117. The summed E-state index contributed by atoms with van der Waals surface area (Å²) < 4.78 is 29.5. The highest BCUT2D eigenvalue weighted by atomic mass is 19.1. The molecular weight excluding hydrogens is 600 g/mol. The SMILES string of the molecule is CCCN(CCC)C(=O)c1cc(C(=O)N(Cc2cccc(CC)c2)C[C@@H](O)[C@@H](N)Cc2cc(F)cc(F)c2)cc(-c2nccn2C)c1. The van der Waals surface area contributed by atoms with Crippen molar-refractivity contribution in [1.29, 1.82) is 0 Å². The van der Waals surface area contributed by atoms with Gasteiger partial charge >= 0.3 is 0 Å². The van der Waals surface area contributed by atoms with E-state index in [1.165, 1.54) is 17.0 Å². The summed E-state index contributed by atoms with van der Waals surface area (Å²) in [6.07, 6.45) is 4.62. The summed E-state index contributed by atoms with van der Waals surface area (Å²) in [6, 6.07) is 15.1. The maximum atomic E-state index is 14.4. The van der Waals surface area contributed by atoms with Crippen LogP contribution in [-0.2, 0) is 26.4 Å². The zero-order valence-electron chi connectivity index (χ0n) is 27.6. The van der Waals surface area contributed by atoms with Gasteiger partial charge in [-0.05, 0) is 72.7 Å². The number of aryl methyl sites for hydroxylation is 2. The Kier molecular flexibility index (Phi) is 12.4. The minimum atomic E-state index is -1.22. The lowest BCUT2D eigenvalue weighted by molar-refractivity contribution is 0.0554. The van der Waals surface area contributed by atoms with Gasteiger partial charge in [-0.15, -0.1) is 0 Å². The van der Waals surface area contributed by atoms with Gasteiger partial charge in [0.15, 0.2) is 0 Å². The zero-order chi connectivity index (χ0) is 34.1. The summed E-state index contributed by atoms with van der Waals surface area (Å²) in [7, 11) is 1.84. The smallest absolute Gasteiger partial charge is 0.254 e. The number of halogens is 2. The number of imidazole rings is 1. The van der Waals surface area contributed by atoms with E-state index in [-0.39, 0.29) is 31.0 Å². The normalized spacial score (nSPS) is 12.5. The molecule has 0 aliphatic rings. The Morgan fingerprint density at radius 3 is 2.06 bits per heavy atom. The Morgan fingerprint density at radius 1 is 0.872 bits per heavy atom. The largest absolute Gasteiger partial charge is 0.390 e. The molecule has 10 heteroatoms. The quantitative estimate of drug-likeness (QED) is 0.171. The molecule has 0 radical (unpaired) electrons. The van der Waals surface area contributed by atoms with E-state index in [0.717, 1.165) is 36.5 Å². The molecule has 4 aromatic rings. The van der Waals surface area contributed by atoms with Gasteiger partial charge in [0.1, 0.15) is 17.5 Å². The molecule has 0 aliphatic carbocycles. The third-order valence-corrected chi connectivity index (χ3v) is 8.14. The number of carbonyl (C=O) groups is 2. The summed E-state index contributed by atoms with van der Waals surface area (Å²) in [5, 5.41) is 11.3. The van der Waals surface area contributed by atoms with Crippen molar-refractivity contribution >= 4 is 11.8 Å². The fourth-order valence-electron chi connectivity index (χ4n) is 5.75. The first-order valence-corrected chi connectivity index (χ1v) is 16.2. The first-order valence-electron chi connectivity index (χ1n) is 16.2. The summed E-state index contributed by atoms with van der Waals surface area (Å²) in [4.78, 5) is 36.0. The number of nitrogens with zero attached hydrogens (tertiary/aromatic N) is 4. The van der Waals surface area contributed by atoms with E-state index < -0.39 is 29.7 Å². The maximum absolute atomic E-state index is 14.4. The molecule has 250 valence electrons. The van der Waals surface area contributed by atoms with Crippen LogP contribution in [-0.4, -0.2) is 68.1 Å². The second kappa shape index (κ2) is 16.4. The van der Waals surface area contributed by atoms with Gasteiger partial charge in [-0.2, -0.15) is 0 Å². The van der Waals surface area contributed by atoms with Crippen LogP contribution in [0, 0.1) is 11.6 Å². The first kappa shape index (κ1) is 35.4. The molecule has 0 saturated heterocycles. The maximum Gasteiger partial charge on any atom is 0.254 e. The van der Waals surface area contributed by atoms with Crippen LogP contribution in [0.1, 0.15) is 71.0 Å². The van der Waals surface area contributed by atoms with E-state index in [9.17, 15) is 23.5 Å². The Morgan fingerprint density at radius 2 is 1.49 bits per heavy atom. The number of rotatable bonds is 15. The average molecular weight is 646 g/mol. The minimum Gasteiger partial charge on any atom is -0.390 e. The summed E-state index contributed by atoms with van der Waals surface area (Å²) in [5.41, 5.74) is 9.84. The molecule has 47 heavy (non-hydrogen) atoms. The molecule has 0 unspecified atom stereocenters. The highest BCUT2D eigenvalue weighted by Gasteiger charge is 2.26. The van der Waals surface area contributed by atoms with Crippen LogP contribution in [0.15, 0.2) is 73.1 Å². The second-order valence-corrected chi connectivity index (χ2v) is 12.0. The van der Waals surface area contributed by atoms with Crippen LogP contribution < -0.4 is 5.73 Å². The van der Waals surface area contributed by atoms with Crippen molar-refractivity contribution in [3.63, 3.8) is 0 Å². The molecule has 0 saturated carbocycles. The second-order valence-electron chi connectivity index (χ2n) is 12.0. The molecule has 2 amide bonds. The van der Waals surface area contributed by atoms with Gasteiger partial charge in [0.2, 0.25) is 0 Å². The highest BCUT2D eigenvalue weighted by molar-refractivity contribution is 6.01. The third kappa shape index (κ3) is 9.33. The van der Waals surface area contributed by atoms with Gasteiger partial charge in [0.25, 0.3) is 11.8 Å². The zero-order valence-corrected chi connectivity index (χ0v) is 27.6. The predicted molar refractivity (Wildman–Crippen MR) is 180 cm³/mol. The molecule has 0 bridgehead atoms. The fourth-order valence-corrected chi connectivity index (χ4v) is 5.75. The van der Waals surface area contributed by atoms with E-state index in [4.69, 9.17) is 5.73 Å². The van der Waals surface area contributed by atoms with Crippen LogP contribution in [0.3, 0.4) is 0 Å². The van der Waals surface area contributed by atoms with Crippen LogP contribution in [0.25, 0.3) is 11.4 Å². The molecule has 8 nitrogen and oxygen atoms in total. The Bertz CT molecular complexity index is 1650. The van der Waals surface area contributed by atoms with Crippen LogP contribution in [0.5, 0.6) is 0 Å². The van der Waals surface area contributed by atoms with E-state index in [2.05, 4.69) is 4.98 Å². The number of aliphatic hydroxyl groups excluding tert-OH is 1. The van der Waals surface area contributed by atoms with Gasteiger partial charge in [-0.3, -0.25) is 9.59 Å². The number of aromatic nitrogens is 2. The van der Waals surface area contributed by atoms with Crippen molar-refractivity contribution in [3.05, 3.63) is 113 Å². The molecule has 2 atom stereocenters. The predicted octanol–water partition coefficient (Wildman–Crippen LogP) is 5.76. The van der Waals surface area contributed by atoms with E-state index in [1.54, 1.807) is 35.5 Å². The number of aliphatic hydroxyl groups is 1. The van der Waals surface area contributed by atoms with Crippen molar-refractivity contribution in [1.82, 2.24) is 19.4 Å². The third-order valence-electron chi connectivity index (χ3n) is 8.14. The van der Waals surface area contributed by atoms with Crippen molar-refractivity contribution in [2.75, 3.05) is 19.6 Å². The van der Waals surface area contributed by atoms with Gasteiger partial charge in [-0.25, -0.2) is 13.8 Å². The molecule has 1 heterocycles. The van der Waals surface area contributed by atoms with Crippen molar-refractivity contribution < 1.29 is 23.5 Å². The van der Waals surface area contributed by atoms with Crippen LogP contribution >= 0.6 is 0 Å². The Balaban J connectivity index is 1.73. The standard InChI is InChI=1S/C37H45F2N5O3/c1-5-12-43(13-6-2)36(46)29-19-28(35-41-11-14-42(35)4)20-30(21-29)37(47)44(23-26-10-8-9-25(7-3)15-26)24-34(45)33(40)18-27-16-31(38)22-32(39)17-27/h8-11,14-17,19-22,33-34,45H,5-7,12-13,18,23-24,40H2,1-4H3/t33-,34+/m0/s1. The van der Waals surface area contributed by atoms with Gasteiger partial charge < -0.3 is 25.2 Å². The van der Waals surface area contributed by atoms with E-state index in [0.29, 0.717) is 35.6 Å². The van der Waals surface area contributed by atoms with Crippen LogP contribution in [0.2, 0.25) is 0 Å². The number of nitrogens with two attached hydrogens (primary N) is 1. The van der Waals surface area contributed by atoms with Crippen molar-refractivity contribution in [2.24, 2.45) is 12.8 Å². The molecule has 0 spiro atoms. The van der Waals surface area contributed by atoms with E-state index in [1.807, 2.05) is 56.7 Å². The van der Waals surface area contributed by atoms with Gasteiger partial charge in [0, 0.05) is 74.4 Å². The van der Waals surface area contributed by atoms with E-state index >= 15 is 0 Å². The van der Waals surface area contributed by atoms with Crippen molar-refractivity contribution in [2.45, 2.75) is 65.1 Å². The molecule has 4 rings (SSSR count). The highest BCUT2D eigenvalue weighted by Crippen LogP contribution is 2.24. The van der Waals surface area contributed by atoms with Crippen molar-refractivity contribution in [3.8, 4) is 11.4 Å². The van der Waals surface area contributed by atoms with Gasteiger partial charge in [0.05, 0.1) is 6.10 Å². The number of carbonyl (C=O) groups excluding carboxylic acids is 2. The fraction of sp³-hybridized carbons (Fsp3) is 0.378. The number of hydrogen-bond donors (Lipinski definition) is 2. The monoisotopic (exact) mass is 645 g/mol. The van der Waals surface area contributed by atoms with Gasteiger partial charge in [-0.1, -0.05) is 45.0 Å². The Labute approximate surface area is 275 Å². The summed E-state index contributed by atoms with van der Waals surface area (Å²) in [6.45, 7) is 7.26. The summed E-state index contributed by atoms with van der Waals surface area (Å²) >= 11 is 0. The topological polar surface area (TPSA) is 105 Å². The number of amides is 2. The lowest BCUT2D eigenvalue weighted by Gasteiger charge is -2.29. The molecule has 0 fully saturated rings. The van der Waals surface area contributed by atoms with Crippen LogP contribution in [0.4, 0.5) is 8.78 Å². The molecular formula is C37H45F2N5O3. The lowest BCUT2D eigenvalue weighted by Crippen LogP contribution is -2.46. The lowest BCUT2D eigenvalue weighted by atomic mass is 9.99. The summed E-state index contributed by atoms with van der Waals surface area (Å²) in [5.74, 6) is -1.45. The number of hydrogen-bond acceptors (Lipinski definition) is 5. The molecule has 1 aromatic heterocycles. The number of benzene rings is 3. The molecule has 3 aromatic carbocycles. The average Bonchev–Trinajstić information content (AvgIpc) is 3.48.